The van der Waals surface area contributed by atoms with Crippen LogP contribution in [0, 0.1) is 0 Å². The van der Waals surface area contributed by atoms with Gasteiger partial charge in [0.25, 0.3) is 5.91 Å². The van der Waals surface area contributed by atoms with Gasteiger partial charge >= 0.3 is 0 Å². The van der Waals surface area contributed by atoms with Crippen molar-refractivity contribution >= 4 is 5.91 Å². The summed E-state index contributed by atoms with van der Waals surface area (Å²) < 4.78 is 27.8. The Morgan fingerprint density at radius 1 is 0.744 bits per heavy atom. The predicted octanol–water partition coefficient (Wildman–Crippen LogP) is -5.85. The molecule has 3 heterocycles. The third kappa shape index (κ3) is 8.03. The summed E-state index contributed by atoms with van der Waals surface area (Å²) >= 11 is 0. The first-order valence-corrected chi connectivity index (χ1v) is 13.6. The van der Waals surface area contributed by atoms with E-state index in [0.29, 0.717) is 0 Å². The smallest absolute Gasteiger partial charge is 0.251 e. The Bertz CT molecular complexity index is 972. The van der Waals surface area contributed by atoms with Crippen LogP contribution in [0.25, 0.3) is 0 Å². The number of aliphatic hydroxyl groups excluding tert-OH is 10. The maximum Gasteiger partial charge on any atom is 0.251 e. The normalized spacial score (nSPS) is 41.6. The van der Waals surface area contributed by atoms with E-state index < -0.39 is 111 Å². The van der Waals surface area contributed by atoms with Crippen LogP contribution in [-0.2, 0) is 23.7 Å². The van der Waals surface area contributed by atoms with Gasteiger partial charge in [0, 0.05) is 12.7 Å². The highest BCUT2D eigenvalue weighted by Gasteiger charge is 2.53. The van der Waals surface area contributed by atoms with E-state index in [1.54, 1.807) is 18.2 Å². The molecule has 0 saturated carbocycles. The minimum atomic E-state index is -1.88. The first-order chi connectivity index (χ1) is 20.6. The number of carbonyl (C=O) groups excluding carboxylic acids is 1. The van der Waals surface area contributed by atoms with Gasteiger partial charge in [-0.2, -0.15) is 0 Å². The second-order valence-electron chi connectivity index (χ2n) is 10.1. The zero-order valence-electron chi connectivity index (χ0n) is 23.2. The van der Waals surface area contributed by atoms with Gasteiger partial charge < -0.3 is 80.1 Å². The third-order valence-electron chi connectivity index (χ3n) is 7.38. The predicted molar refractivity (Wildman–Crippen MR) is 140 cm³/mol. The minimum absolute atomic E-state index is 0.210. The van der Waals surface area contributed by atoms with Crippen molar-refractivity contribution in [3.8, 4) is 0 Å². The van der Waals surface area contributed by atoms with Gasteiger partial charge in [-0.25, -0.2) is 0 Å². The molecule has 0 radical (unpaired) electrons. The van der Waals surface area contributed by atoms with Crippen molar-refractivity contribution < 1.29 is 79.5 Å². The monoisotopic (exact) mass is 623 g/mol. The molecule has 3 aliphatic rings. The van der Waals surface area contributed by atoms with Crippen LogP contribution in [0.15, 0.2) is 30.3 Å². The highest BCUT2D eigenvalue weighted by molar-refractivity contribution is 5.94. The second-order valence-corrected chi connectivity index (χ2v) is 10.1. The molecule has 1 aromatic rings. The van der Waals surface area contributed by atoms with Gasteiger partial charge in [0.15, 0.2) is 12.6 Å². The van der Waals surface area contributed by atoms with Gasteiger partial charge in [0.05, 0.1) is 26.4 Å². The first kappa shape index (κ1) is 35.6. The number of ether oxygens (including phenoxy) is 5. The van der Waals surface area contributed by atoms with Crippen molar-refractivity contribution in [2.75, 3.05) is 33.5 Å². The zero-order chi connectivity index (χ0) is 31.8. The van der Waals surface area contributed by atoms with Crippen molar-refractivity contribution in [2.24, 2.45) is 0 Å². The van der Waals surface area contributed by atoms with Crippen molar-refractivity contribution in [3.05, 3.63) is 35.9 Å². The lowest BCUT2D eigenvalue weighted by Gasteiger charge is -2.48. The van der Waals surface area contributed by atoms with Crippen molar-refractivity contribution in [3.63, 3.8) is 0 Å². The largest absolute Gasteiger partial charge is 0.400 e. The number of amides is 1. The van der Waals surface area contributed by atoms with E-state index >= 15 is 0 Å². The number of hydrogen-bond acceptors (Lipinski definition) is 16. The van der Waals surface area contributed by atoms with E-state index in [-0.39, 0.29) is 12.2 Å². The number of nitrogens with one attached hydrogen (secondary N) is 1. The lowest BCUT2D eigenvalue weighted by molar-refractivity contribution is -0.362. The summed E-state index contributed by atoms with van der Waals surface area (Å²) in [6, 6.07) is 6.46. The van der Waals surface area contributed by atoms with Gasteiger partial charge in [0.1, 0.15) is 73.2 Å². The average molecular weight is 624 g/mol. The lowest BCUT2D eigenvalue weighted by Crippen LogP contribution is -2.68. The molecule has 6 unspecified atom stereocenters. The van der Waals surface area contributed by atoms with Gasteiger partial charge in [-0.3, -0.25) is 4.79 Å². The molecule has 1 amide bonds. The fourth-order valence-corrected chi connectivity index (χ4v) is 5.00. The van der Waals surface area contributed by atoms with Crippen LogP contribution in [0.1, 0.15) is 10.4 Å². The molecular weight excluding hydrogens is 582 g/mol. The minimum Gasteiger partial charge on any atom is -0.400 e. The molecule has 3 fully saturated rings. The Morgan fingerprint density at radius 2 is 1.30 bits per heavy atom. The summed E-state index contributed by atoms with van der Waals surface area (Å²) in [6.45, 7) is -2.43. The van der Waals surface area contributed by atoms with Crippen molar-refractivity contribution in [1.29, 1.82) is 0 Å². The van der Waals surface area contributed by atoms with Gasteiger partial charge in [-0.15, -0.1) is 0 Å². The highest BCUT2D eigenvalue weighted by Crippen LogP contribution is 2.31. The maximum absolute atomic E-state index is 12.8. The van der Waals surface area contributed by atoms with E-state index in [9.17, 15) is 50.8 Å². The first-order valence-electron chi connectivity index (χ1n) is 13.6. The summed E-state index contributed by atoms with van der Waals surface area (Å²) in [6.07, 6.45) is -20.1. The molecule has 17 heteroatoms. The molecular formula is C26H41NO16. The highest BCUT2D eigenvalue weighted by atomic mass is 16.7. The number of carbonyl (C=O) groups is 1. The van der Waals surface area contributed by atoms with E-state index in [1.165, 1.54) is 12.1 Å². The molecule has 14 atom stereocenters. The summed E-state index contributed by atoms with van der Waals surface area (Å²) in [5.74, 6) is -0.664. The fraction of sp³-hybridized carbons (Fsp3) is 0.731. The van der Waals surface area contributed by atoms with Crippen LogP contribution in [-0.4, -0.2) is 176 Å². The summed E-state index contributed by atoms with van der Waals surface area (Å²) in [4.78, 5) is 12.8. The molecule has 1 aromatic carbocycles. The summed E-state index contributed by atoms with van der Waals surface area (Å²) in [5.41, 5.74) is 0.210. The SMILES string of the molecule is CO.O=C(NC1[C@H](O[C@@H]2C(CO)O[C@H](O[C@@H]3C(CO)OCC(O)[C@H]3O)C(O)[C@H]2O)OC(CO)[C@@H](O)[C@@H]1O)c1ccccc1. The standard InChI is InChI=1S/C25H37NO15.CH4O/c27-6-12-17(32)18(33)15(26-23(36)10-4-2-1-3-5-10)24(38-12)40-22-14(8-29)39-25(20(35)19(22)34)41-21-13(7-28)37-9-11(30)16(21)31;1-2/h1-5,11-22,24-25,27-35H,6-9H2,(H,26,36);2H,1H3/t11?,12?,13?,14?,15?,16-,17-,18-,19-,20?,21-,22-,24+,25-;/m1./s1. The van der Waals surface area contributed by atoms with Gasteiger partial charge in [0.2, 0.25) is 0 Å². The van der Waals surface area contributed by atoms with Crippen LogP contribution in [0.5, 0.6) is 0 Å². The molecule has 11 N–H and O–H groups in total. The molecule has 0 aromatic heterocycles. The lowest BCUT2D eigenvalue weighted by atomic mass is 9.95. The van der Waals surface area contributed by atoms with Crippen molar-refractivity contribution in [1.82, 2.24) is 5.32 Å². The van der Waals surface area contributed by atoms with E-state index in [2.05, 4.69) is 5.32 Å². The molecule has 43 heavy (non-hydrogen) atoms. The van der Waals surface area contributed by atoms with E-state index in [0.717, 1.165) is 7.11 Å². The Labute approximate surface area is 246 Å². The van der Waals surface area contributed by atoms with Gasteiger partial charge in [-0.05, 0) is 12.1 Å². The van der Waals surface area contributed by atoms with Crippen LogP contribution >= 0.6 is 0 Å². The molecule has 17 nitrogen and oxygen atoms in total. The third-order valence-corrected chi connectivity index (χ3v) is 7.38. The molecule has 4 rings (SSSR count). The molecule has 0 spiro atoms. The number of rotatable bonds is 9. The van der Waals surface area contributed by atoms with Gasteiger partial charge in [-0.1, -0.05) is 18.2 Å². The Morgan fingerprint density at radius 3 is 1.91 bits per heavy atom. The number of aliphatic hydroxyl groups is 10. The molecule has 0 aliphatic carbocycles. The Hall–Kier alpha value is -1.91. The Balaban J connectivity index is 0.00000248. The van der Waals surface area contributed by atoms with Crippen molar-refractivity contribution in [2.45, 2.75) is 85.8 Å². The summed E-state index contributed by atoms with van der Waals surface area (Å²) in [7, 11) is 1.00. The quantitative estimate of drug-likeness (QED) is 0.122. The molecule has 3 saturated heterocycles. The molecule has 246 valence electrons. The van der Waals surface area contributed by atoms with E-state index in [4.69, 9.17) is 28.8 Å². The topological polar surface area (TPSA) is 278 Å². The molecule has 3 aliphatic heterocycles. The van der Waals surface area contributed by atoms with Crippen LogP contribution in [0.2, 0.25) is 0 Å². The maximum atomic E-state index is 12.8. The zero-order valence-corrected chi connectivity index (χ0v) is 23.2. The van der Waals surface area contributed by atoms with E-state index in [1.807, 2.05) is 0 Å². The molecule has 0 bridgehead atoms. The second kappa shape index (κ2) is 16.4. The summed E-state index contributed by atoms with van der Waals surface area (Å²) in [5, 5.41) is 102. The Kier molecular flexibility index (Phi) is 13.6. The number of benzene rings is 1. The number of hydrogen-bond donors (Lipinski definition) is 11. The van der Waals surface area contributed by atoms with Crippen LogP contribution < -0.4 is 5.32 Å². The van der Waals surface area contributed by atoms with Crippen LogP contribution in [0.3, 0.4) is 0 Å². The average Bonchev–Trinajstić information content (AvgIpc) is 3.03. The fourth-order valence-electron chi connectivity index (χ4n) is 5.00. The van der Waals surface area contributed by atoms with Crippen LogP contribution in [0.4, 0.5) is 0 Å².